The zero-order valence-electron chi connectivity index (χ0n) is 15.8. The molecule has 0 saturated carbocycles. The van der Waals surface area contributed by atoms with Crippen LogP contribution in [-0.4, -0.2) is 59.9 Å². The second-order valence-electron chi connectivity index (χ2n) is 6.01. The second-order valence-corrected chi connectivity index (χ2v) is 6.01. The molecule has 0 aliphatic rings. The number of nitrogens with one attached hydrogen (secondary N) is 2. The molecular formula is C18H36N6. The molecule has 1 aromatic rings. The smallest absolute Gasteiger partial charge is 0.191 e. The van der Waals surface area contributed by atoms with Crippen molar-refractivity contribution in [2.75, 3.05) is 39.3 Å². The fourth-order valence-corrected chi connectivity index (χ4v) is 2.68. The first-order valence-corrected chi connectivity index (χ1v) is 9.52. The van der Waals surface area contributed by atoms with E-state index in [2.05, 4.69) is 46.4 Å². The summed E-state index contributed by atoms with van der Waals surface area (Å²) >= 11 is 0. The summed E-state index contributed by atoms with van der Waals surface area (Å²) in [5.41, 5.74) is 0. The summed E-state index contributed by atoms with van der Waals surface area (Å²) in [4.78, 5) is 7.19. The lowest BCUT2D eigenvalue weighted by molar-refractivity contribution is 0.271. The Morgan fingerprint density at radius 1 is 1.08 bits per heavy atom. The van der Waals surface area contributed by atoms with Crippen LogP contribution in [0.4, 0.5) is 0 Å². The first-order valence-electron chi connectivity index (χ1n) is 9.52. The molecule has 2 N–H and O–H groups in total. The maximum atomic E-state index is 4.64. The second kappa shape index (κ2) is 13.8. The topological polar surface area (TPSA) is 57.5 Å². The molecule has 0 amide bonds. The van der Waals surface area contributed by atoms with Gasteiger partial charge in [0.25, 0.3) is 0 Å². The average Bonchev–Trinajstić information content (AvgIpc) is 3.09. The maximum Gasteiger partial charge on any atom is 0.191 e. The zero-order valence-corrected chi connectivity index (χ0v) is 15.8. The van der Waals surface area contributed by atoms with Gasteiger partial charge in [0, 0.05) is 38.6 Å². The molecule has 1 heterocycles. The molecule has 0 atom stereocenters. The van der Waals surface area contributed by atoms with E-state index < -0.39 is 0 Å². The Morgan fingerprint density at radius 3 is 2.50 bits per heavy atom. The lowest BCUT2D eigenvalue weighted by atomic mass is 10.3. The van der Waals surface area contributed by atoms with Crippen molar-refractivity contribution in [3.8, 4) is 0 Å². The van der Waals surface area contributed by atoms with Gasteiger partial charge in [-0.25, -0.2) is 0 Å². The van der Waals surface area contributed by atoms with E-state index in [1.165, 1.54) is 25.9 Å². The Balaban J connectivity index is 2.22. The van der Waals surface area contributed by atoms with E-state index >= 15 is 0 Å². The Bertz CT molecular complexity index is 409. The Kier molecular flexibility index (Phi) is 11.8. The van der Waals surface area contributed by atoms with Crippen LogP contribution in [-0.2, 0) is 6.54 Å². The van der Waals surface area contributed by atoms with Gasteiger partial charge in [-0.2, -0.15) is 5.10 Å². The van der Waals surface area contributed by atoms with Crippen LogP contribution in [0.3, 0.4) is 0 Å². The minimum absolute atomic E-state index is 0.812. The summed E-state index contributed by atoms with van der Waals surface area (Å²) in [6.07, 6.45) is 8.42. The van der Waals surface area contributed by atoms with Crippen LogP contribution in [0.2, 0.25) is 0 Å². The summed E-state index contributed by atoms with van der Waals surface area (Å²) in [5, 5.41) is 11.0. The molecule has 1 rings (SSSR count). The molecule has 6 heteroatoms. The lowest BCUT2D eigenvalue weighted by Crippen LogP contribution is -2.39. The number of hydrogen-bond donors (Lipinski definition) is 2. The first-order chi connectivity index (χ1) is 11.8. The maximum absolute atomic E-state index is 4.64. The fourth-order valence-electron chi connectivity index (χ4n) is 2.68. The lowest BCUT2D eigenvalue weighted by Gasteiger charge is -2.21. The van der Waals surface area contributed by atoms with Crippen LogP contribution >= 0.6 is 0 Å². The molecule has 0 saturated heterocycles. The first kappa shape index (κ1) is 20.5. The van der Waals surface area contributed by atoms with E-state index in [9.17, 15) is 0 Å². The van der Waals surface area contributed by atoms with Crippen molar-refractivity contribution in [2.24, 2.45) is 4.99 Å². The summed E-state index contributed by atoms with van der Waals surface area (Å²) in [7, 11) is 0. The number of aromatic nitrogens is 2. The Hall–Kier alpha value is -1.56. The zero-order chi connectivity index (χ0) is 17.5. The van der Waals surface area contributed by atoms with E-state index in [-0.39, 0.29) is 0 Å². The van der Waals surface area contributed by atoms with Crippen LogP contribution in [0.5, 0.6) is 0 Å². The molecule has 6 nitrogen and oxygen atoms in total. The third-order valence-corrected chi connectivity index (χ3v) is 3.74. The van der Waals surface area contributed by atoms with E-state index in [0.717, 1.165) is 51.5 Å². The highest BCUT2D eigenvalue weighted by molar-refractivity contribution is 5.79. The molecule has 0 aromatic carbocycles. The molecule has 138 valence electrons. The van der Waals surface area contributed by atoms with Crippen LogP contribution in [0.1, 0.15) is 46.5 Å². The normalized spacial score (nSPS) is 11.9. The molecule has 0 spiro atoms. The number of nitrogens with zero attached hydrogens (tertiary/aromatic N) is 4. The van der Waals surface area contributed by atoms with Gasteiger partial charge in [0.15, 0.2) is 5.96 Å². The van der Waals surface area contributed by atoms with Gasteiger partial charge >= 0.3 is 0 Å². The quantitative estimate of drug-likeness (QED) is 0.330. The van der Waals surface area contributed by atoms with Crippen molar-refractivity contribution in [3.05, 3.63) is 18.5 Å². The van der Waals surface area contributed by atoms with Crippen LogP contribution in [0, 0.1) is 0 Å². The summed E-state index contributed by atoms with van der Waals surface area (Å²) in [5.74, 6) is 0.926. The van der Waals surface area contributed by atoms with Gasteiger partial charge in [-0.1, -0.05) is 13.8 Å². The number of hydrogen-bond acceptors (Lipinski definition) is 3. The summed E-state index contributed by atoms with van der Waals surface area (Å²) < 4.78 is 1.95. The largest absolute Gasteiger partial charge is 0.357 e. The molecular weight excluding hydrogens is 300 g/mol. The molecule has 0 bridgehead atoms. The van der Waals surface area contributed by atoms with Crippen LogP contribution in [0.25, 0.3) is 0 Å². The predicted octanol–water partition coefficient (Wildman–Crippen LogP) is 2.34. The van der Waals surface area contributed by atoms with Gasteiger partial charge in [-0.3, -0.25) is 9.67 Å². The Morgan fingerprint density at radius 2 is 1.88 bits per heavy atom. The van der Waals surface area contributed by atoms with Crippen molar-refractivity contribution in [2.45, 2.75) is 53.0 Å². The van der Waals surface area contributed by atoms with Gasteiger partial charge in [-0.15, -0.1) is 0 Å². The van der Waals surface area contributed by atoms with Gasteiger partial charge < -0.3 is 15.5 Å². The summed E-state index contributed by atoms with van der Waals surface area (Å²) in [6.45, 7) is 13.8. The third kappa shape index (κ3) is 9.55. The molecule has 0 radical (unpaired) electrons. The fraction of sp³-hybridized carbons (Fsp3) is 0.778. The number of aryl methyl sites for hydroxylation is 1. The SMILES string of the molecule is CCCN(CCC)CCCNC(=NCCCn1cccn1)NCC. The highest BCUT2D eigenvalue weighted by Gasteiger charge is 2.02. The number of rotatable bonds is 13. The van der Waals surface area contributed by atoms with Gasteiger partial charge in [0.2, 0.25) is 0 Å². The van der Waals surface area contributed by atoms with Crippen LogP contribution < -0.4 is 10.6 Å². The Labute approximate surface area is 147 Å². The van der Waals surface area contributed by atoms with E-state index in [4.69, 9.17) is 0 Å². The molecule has 24 heavy (non-hydrogen) atoms. The molecule has 0 aliphatic heterocycles. The number of guanidine groups is 1. The predicted molar refractivity (Wildman–Crippen MR) is 102 cm³/mol. The number of aliphatic imine (C=N–C) groups is 1. The summed E-state index contributed by atoms with van der Waals surface area (Å²) in [6, 6.07) is 1.95. The minimum atomic E-state index is 0.812. The van der Waals surface area contributed by atoms with E-state index in [1.807, 2.05) is 23.1 Å². The average molecular weight is 337 g/mol. The molecule has 0 fully saturated rings. The minimum Gasteiger partial charge on any atom is -0.357 e. The molecule has 1 aromatic heterocycles. The molecule has 0 unspecified atom stereocenters. The van der Waals surface area contributed by atoms with Crippen molar-refractivity contribution in [1.29, 1.82) is 0 Å². The van der Waals surface area contributed by atoms with Crippen molar-refractivity contribution in [3.63, 3.8) is 0 Å². The van der Waals surface area contributed by atoms with Crippen molar-refractivity contribution >= 4 is 5.96 Å². The van der Waals surface area contributed by atoms with Gasteiger partial charge in [0.1, 0.15) is 0 Å². The van der Waals surface area contributed by atoms with E-state index in [1.54, 1.807) is 0 Å². The molecule has 0 aliphatic carbocycles. The highest BCUT2D eigenvalue weighted by Crippen LogP contribution is 1.96. The monoisotopic (exact) mass is 336 g/mol. The standard InChI is InChI=1S/C18H36N6/c1-4-13-23(14-5-2)15-7-10-20-18(19-6-3)21-11-8-16-24-17-9-12-22-24/h9,12,17H,4-8,10-11,13-16H2,1-3H3,(H2,19,20,21). The highest BCUT2D eigenvalue weighted by atomic mass is 15.3. The van der Waals surface area contributed by atoms with E-state index in [0.29, 0.717) is 0 Å². The van der Waals surface area contributed by atoms with Gasteiger partial charge in [-0.05, 0) is 58.3 Å². The van der Waals surface area contributed by atoms with Crippen LogP contribution in [0.15, 0.2) is 23.5 Å². The van der Waals surface area contributed by atoms with Crippen molar-refractivity contribution < 1.29 is 0 Å². The van der Waals surface area contributed by atoms with Crippen molar-refractivity contribution in [1.82, 2.24) is 25.3 Å². The third-order valence-electron chi connectivity index (χ3n) is 3.74. The van der Waals surface area contributed by atoms with Gasteiger partial charge in [0.05, 0.1) is 0 Å².